The lowest BCUT2D eigenvalue weighted by Gasteiger charge is -2.42. The summed E-state index contributed by atoms with van der Waals surface area (Å²) >= 11 is 0. The van der Waals surface area contributed by atoms with Crippen LogP contribution >= 0.6 is 0 Å². The third kappa shape index (κ3) is 1.75. The molecule has 1 aliphatic rings. The van der Waals surface area contributed by atoms with Gasteiger partial charge < -0.3 is 16.2 Å². The number of nitrogens with one attached hydrogen (secondary N) is 1. The van der Waals surface area contributed by atoms with Crippen molar-refractivity contribution in [2.24, 2.45) is 0 Å². The van der Waals surface area contributed by atoms with Crippen molar-refractivity contribution in [3.8, 4) is 0 Å². The first kappa shape index (κ1) is 9.83. The number of nitrogen functional groups attached to an aromatic ring is 1. The van der Waals surface area contributed by atoms with Crippen LogP contribution in [0.5, 0.6) is 0 Å². The topological polar surface area (TPSA) is 75.3 Å². The minimum atomic E-state index is -0.966. The number of carbonyl (C=O) groups is 1. The molecule has 80 valence electrons. The smallest absolute Gasteiger partial charge is 0.405 e. The van der Waals surface area contributed by atoms with Gasteiger partial charge in [-0.15, -0.1) is 0 Å². The molecular formula is C11H14N2O2. The maximum Gasteiger partial charge on any atom is 0.405 e. The number of hydrogen-bond donors (Lipinski definition) is 3. The third-order valence-electron chi connectivity index (χ3n) is 3.02. The summed E-state index contributed by atoms with van der Waals surface area (Å²) in [7, 11) is 0. The number of rotatable bonds is 2. The van der Waals surface area contributed by atoms with Crippen LogP contribution in [0.4, 0.5) is 10.5 Å². The van der Waals surface area contributed by atoms with E-state index < -0.39 is 6.09 Å². The molecule has 4 nitrogen and oxygen atoms in total. The molecule has 0 unspecified atom stereocenters. The van der Waals surface area contributed by atoms with Crippen LogP contribution < -0.4 is 11.1 Å². The number of benzene rings is 1. The molecule has 4 N–H and O–H groups in total. The van der Waals surface area contributed by atoms with Gasteiger partial charge in [-0.25, -0.2) is 4.79 Å². The summed E-state index contributed by atoms with van der Waals surface area (Å²) in [6.45, 7) is 0. The van der Waals surface area contributed by atoms with Crippen molar-refractivity contribution in [2.45, 2.75) is 24.8 Å². The highest BCUT2D eigenvalue weighted by atomic mass is 16.4. The average Bonchev–Trinajstić information content (AvgIpc) is 2.13. The Hall–Kier alpha value is -1.71. The molecule has 1 aromatic carbocycles. The highest BCUT2D eigenvalue weighted by Crippen LogP contribution is 2.41. The SMILES string of the molecule is Nc1ccc(C2(NC(=O)O)CCC2)cc1. The first-order valence-electron chi connectivity index (χ1n) is 4.99. The minimum Gasteiger partial charge on any atom is -0.465 e. The molecule has 0 atom stereocenters. The molecule has 15 heavy (non-hydrogen) atoms. The molecular weight excluding hydrogens is 192 g/mol. The molecule has 1 saturated carbocycles. The Labute approximate surface area is 88.1 Å². The third-order valence-corrected chi connectivity index (χ3v) is 3.02. The van der Waals surface area contributed by atoms with Crippen LogP contribution in [0.15, 0.2) is 24.3 Å². The molecule has 1 fully saturated rings. The second kappa shape index (κ2) is 3.46. The van der Waals surface area contributed by atoms with Crippen molar-refractivity contribution >= 4 is 11.8 Å². The van der Waals surface area contributed by atoms with Gasteiger partial charge in [0.2, 0.25) is 0 Å². The fraction of sp³-hybridized carbons (Fsp3) is 0.364. The lowest BCUT2D eigenvalue weighted by molar-refractivity contribution is 0.144. The molecule has 2 rings (SSSR count). The summed E-state index contributed by atoms with van der Waals surface area (Å²) in [4.78, 5) is 10.7. The van der Waals surface area contributed by atoms with Crippen LogP contribution in [-0.4, -0.2) is 11.2 Å². The van der Waals surface area contributed by atoms with Gasteiger partial charge in [0.25, 0.3) is 0 Å². The minimum absolute atomic E-state index is 0.375. The van der Waals surface area contributed by atoms with Crippen LogP contribution in [0.25, 0.3) is 0 Å². The second-order valence-electron chi connectivity index (χ2n) is 3.99. The maximum absolute atomic E-state index is 10.7. The highest BCUT2D eigenvalue weighted by Gasteiger charge is 2.39. The summed E-state index contributed by atoms with van der Waals surface area (Å²) in [5, 5.41) is 11.4. The van der Waals surface area contributed by atoms with Crippen molar-refractivity contribution in [1.29, 1.82) is 0 Å². The van der Waals surface area contributed by atoms with E-state index in [-0.39, 0.29) is 5.54 Å². The van der Waals surface area contributed by atoms with E-state index in [0.29, 0.717) is 5.69 Å². The van der Waals surface area contributed by atoms with Crippen molar-refractivity contribution in [1.82, 2.24) is 5.32 Å². The zero-order chi connectivity index (χ0) is 10.9. The van der Waals surface area contributed by atoms with Gasteiger partial charge in [0.1, 0.15) is 0 Å². The molecule has 0 spiro atoms. The first-order valence-corrected chi connectivity index (χ1v) is 4.99. The summed E-state index contributed by atoms with van der Waals surface area (Å²) in [5.74, 6) is 0. The lowest BCUT2D eigenvalue weighted by atomic mass is 9.72. The Balaban J connectivity index is 2.26. The maximum atomic E-state index is 10.7. The quantitative estimate of drug-likeness (QED) is 0.647. The summed E-state index contributed by atoms with van der Waals surface area (Å²) in [5.41, 5.74) is 6.92. The zero-order valence-corrected chi connectivity index (χ0v) is 8.36. The summed E-state index contributed by atoms with van der Waals surface area (Å²) in [6.07, 6.45) is 1.82. The van der Waals surface area contributed by atoms with Crippen molar-refractivity contribution in [3.05, 3.63) is 29.8 Å². The fourth-order valence-electron chi connectivity index (χ4n) is 2.02. The van der Waals surface area contributed by atoms with E-state index in [9.17, 15) is 4.79 Å². The van der Waals surface area contributed by atoms with Crippen LogP contribution in [0.2, 0.25) is 0 Å². The summed E-state index contributed by atoms with van der Waals surface area (Å²) in [6, 6.07) is 7.40. The van der Waals surface area contributed by atoms with Crippen molar-refractivity contribution < 1.29 is 9.90 Å². The Morgan fingerprint density at radius 1 is 1.33 bits per heavy atom. The number of hydrogen-bond acceptors (Lipinski definition) is 2. The molecule has 0 radical (unpaired) electrons. The van der Waals surface area contributed by atoms with Gasteiger partial charge in [-0.05, 0) is 37.0 Å². The molecule has 0 heterocycles. The van der Waals surface area contributed by atoms with E-state index in [1.54, 1.807) is 12.1 Å². The monoisotopic (exact) mass is 206 g/mol. The molecule has 0 saturated heterocycles. The first-order chi connectivity index (χ1) is 7.12. The van der Waals surface area contributed by atoms with Gasteiger partial charge in [-0.1, -0.05) is 12.1 Å². The van der Waals surface area contributed by atoms with E-state index in [4.69, 9.17) is 10.8 Å². The van der Waals surface area contributed by atoms with Gasteiger partial charge in [0.15, 0.2) is 0 Å². The standard InChI is InChI=1S/C11H14N2O2/c12-9-4-2-8(3-5-9)11(6-1-7-11)13-10(14)15/h2-5,13H,1,6-7,12H2,(H,14,15). The largest absolute Gasteiger partial charge is 0.465 e. The van der Waals surface area contributed by atoms with Gasteiger partial charge >= 0.3 is 6.09 Å². The van der Waals surface area contributed by atoms with E-state index in [2.05, 4.69) is 5.32 Å². The normalized spacial score (nSPS) is 17.9. The zero-order valence-electron chi connectivity index (χ0n) is 8.36. The molecule has 0 bridgehead atoms. The molecule has 4 heteroatoms. The van der Waals surface area contributed by atoms with Crippen molar-refractivity contribution in [3.63, 3.8) is 0 Å². The Kier molecular flexibility index (Phi) is 2.26. The van der Waals surface area contributed by atoms with Crippen LogP contribution in [0, 0.1) is 0 Å². The van der Waals surface area contributed by atoms with Gasteiger partial charge in [0, 0.05) is 5.69 Å². The number of anilines is 1. The van der Waals surface area contributed by atoms with Gasteiger partial charge in [0.05, 0.1) is 5.54 Å². The Bertz CT molecular complexity index is 369. The molecule has 1 aliphatic carbocycles. The van der Waals surface area contributed by atoms with E-state index in [0.717, 1.165) is 24.8 Å². The average molecular weight is 206 g/mol. The van der Waals surface area contributed by atoms with E-state index in [1.807, 2.05) is 12.1 Å². The fourth-order valence-corrected chi connectivity index (χ4v) is 2.02. The van der Waals surface area contributed by atoms with Crippen molar-refractivity contribution in [2.75, 3.05) is 5.73 Å². The van der Waals surface area contributed by atoms with Crippen LogP contribution in [-0.2, 0) is 5.54 Å². The number of carboxylic acid groups (broad SMARTS) is 1. The summed E-state index contributed by atoms with van der Waals surface area (Å²) < 4.78 is 0. The molecule has 0 aliphatic heterocycles. The van der Waals surface area contributed by atoms with Crippen LogP contribution in [0.3, 0.4) is 0 Å². The molecule has 1 aromatic rings. The molecule has 1 amide bonds. The number of nitrogens with two attached hydrogens (primary N) is 1. The van der Waals surface area contributed by atoms with Gasteiger partial charge in [-0.2, -0.15) is 0 Å². The highest BCUT2D eigenvalue weighted by molar-refractivity contribution is 5.66. The van der Waals surface area contributed by atoms with E-state index in [1.165, 1.54) is 0 Å². The second-order valence-corrected chi connectivity index (χ2v) is 3.99. The molecule has 0 aromatic heterocycles. The predicted molar refractivity (Wildman–Crippen MR) is 57.5 cm³/mol. The van der Waals surface area contributed by atoms with Gasteiger partial charge in [-0.3, -0.25) is 0 Å². The van der Waals surface area contributed by atoms with Crippen LogP contribution in [0.1, 0.15) is 24.8 Å². The lowest BCUT2D eigenvalue weighted by Crippen LogP contribution is -2.50. The Morgan fingerprint density at radius 2 is 1.93 bits per heavy atom. The number of amides is 1. The van der Waals surface area contributed by atoms with E-state index >= 15 is 0 Å². The predicted octanol–water partition coefficient (Wildman–Crippen LogP) is 1.92. The Morgan fingerprint density at radius 3 is 2.33 bits per heavy atom.